The van der Waals surface area contributed by atoms with Gasteiger partial charge in [-0.15, -0.1) is 0 Å². The SMILES string of the molecule is Cc1ccc(C(=O)N(CCN)C2CCC2)cc1C. The predicted octanol–water partition coefficient (Wildman–Crippen LogP) is 2.26. The Morgan fingerprint density at radius 1 is 1.33 bits per heavy atom. The van der Waals surface area contributed by atoms with Crippen LogP contribution in [0.25, 0.3) is 0 Å². The van der Waals surface area contributed by atoms with Crippen LogP contribution in [0.1, 0.15) is 40.7 Å². The quantitative estimate of drug-likeness (QED) is 0.885. The van der Waals surface area contributed by atoms with Crippen molar-refractivity contribution in [3.63, 3.8) is 0 Å². The first-order valence-electron chi connectivity index (χ1n) is 6.71. The molecule has 0 aliphatic heterocycles. The topological polar surface area (TPSA) is 46.3 Å². The molecule has 1 aromatic rings. The fourth-order valence-corrected chi connectivity index (χ4v) is 2.33. The van der Waals surface area contributed by atoms with Crippen LogP contribution in [-0.2, 0) is 0 Å². The summed E-state index contributed by atoms with van der Waals surface area (Å²) in [5.41, 5.74) is 8.80. The van der Waals surface area contributed by atoms with Crippen molar-refractivity contribution >= 4 is 5.91 Å². The monoisotopic (exact) mass is 246 g/mol. The number of hydrogen-bond acceptors (Lipinski definition) is 2. The molecule has 2 rings (SSSR count). The highest BCUT2D eigenvalue weighted by atomic mass is 16.2. The molecule has 0 unspecified atom stereocenters. The van der Waals surface area contributed by atoms with E-state index in [1.54, 1.807) is 0 Å². The second-order valence-corrected chi connectivity index (χ2v) is 5.17. The van der Waals surface area contributed by atoms with Crippen LogP contribution in [0.4, 0.5) is 0 Å². The minimum atomic E-state index is 0.133. The van der Waals surface area contributed by atoms with Gasteiger partial charge in [0.25, 0.3) is 5.91 Å². The average Bonchev–Trinajstić information content (AvgIpc) is 2.29. The molecule has 18 heavy (non-hydrogen) atoms. The van der Waals surface area contributed by atoms with Gasteiger partial charge >= 0.3 is 0 Å². The van der Waals surface area contributed by atoms with Gasteiger partial charge in [0.05, 0.1) is 0 Å². The van der Waals surface area contributed by atoms with E-state index in [0.717, 1.165) is 18.4 Å². The smallest absolute Gasteiger partial charge is 0.254 e. The fraction of sp³-hybridized carbons (Fsp3) is 0.533. The zero-order chi connectivity index (χ0) is 13.1. The van der Waals surface area contributed by atoms with Crippen molar-refractivity contribution in [1.82, 2.24) is 4.90 Å². The number of aryl methyl sites for hydroxylation is 2. The van der Waals surface area contributed by atoms with Crippen LogP contribution in [0.2, 0.25) is 0 Å². The summed E-state index contributed by atoms with van der Waals surface area (Å²) >= 11 is 0. The van der Waals surface area contributed by atoms with E-state index in [4.69, 9.17) is 5.73 Å². The molecule has 1 aromatic carbocycles. The second-order valence-electron chi connectivity index (χ2n) is 5.17. The maximum Gasteiger partial charge on any atom is 0.254 e. The van der Waals surface area contributed by atoms with Gasteiger partial charge in [0.2, 0.25) is 0 Å². The van der Waals surface area contributed by atoms with Gasteiger partial charge in [0, 0.05) is 24.7 Å². The Morgan fingerprint density at radius 2 is 2.06 bits per heavy atom. The predicted molar refractivity (Wildman–Crippen MR) is 73.6 cm³/mol. The van der Waals surface area contributed by atoms with E-state index in [1.807, 2.05) is 30.0 Å². The number of benzene rings is 1. The molecule has 1 fully saturated rings. The van der Waals surface area contributed by atoms with Gasteiger partial charge < -0.3 is 10.6 Å². The van der Waals surface area contributed by atoms with Gasteiger partial charge in [-0.05, 0) is 56.4 Å². The Labute approximate surface area is 109 Å². The molecule has 98 valence electrons. The fourth-order valence-electron chi connectivity index (χ4n) is 2.33. The lowest BCUT2D eigenvalue weighted by Gasteiger charge is -2.37. The molecule has 0 heterocycles. The summed E-state index contributed by atoms with van der Waals surface area (Å²) < 4.78 is 0. The van der Waals surface area contributed by atoms with Crippen molar-refractivity contribution in [3.8, 4) is 0 Å². The van der Waals surface area contributed by atoms with Crippen molar-refractivity contribution in [2.24, 2.45) is 5.73 Å². The summed E-state index contributed by atoms with van der Waals surface area (Å²) in [6.45, 7) is 5.30. The summed E-state index contributed by atoms with van der Waals surface area (Å²) in [5.74, 6) is 0.133. The molecule has 0 atom stereocenters. The number of hydrogen-bond donors (Lipinski definition) is 1. The largest absolute Gasteiger partial charge is 0.334 e. The standard InChI is InChI=1S/C15H22N2O/c1-11-6-7-13(10-12(11)2)15(18)17(9-8-16)14-4-3-5-14/h6-7,10,14H,3-5,8-9,16H2,1-2H3. The number of nitrogens with zero attached hydrogens (tertiary/aromatic N) is 1. The van der Waals surface area contributed by atoms with Crippen LogP contribution >= 0.6 is 0 Å². The lowest BCUT2D eigenvalue weighted by Crippen LogP contribution is -2.46. The van der Waals surface area contributed by atoms with Gasteiger partial charge in [0.1, 0.15) is 0 Å². The number of rotatable bonds is 4. The van der Waals surface area contributed by atoms with E-state index in [-0.39, 0.29) is 5.91 Å². The number of carbonyl (C=O) groups excluding carboxylic acids is 1. The van der Waals surface area contributed by atoms with E-state index >= 15 is 0 Å². The maximum absolute atomic E-state index is 12.5. The summed E-state index contributed by atoms with van der Waals surface area (Å²) in [5, 5.41) is 0. The molecule has 2 N–H and O–H groups in total. The maximum atomic E-state index is 12.5. The van der Waals surface area contributed by atoms with Crippen LogP contribution in [0, 0.1) is 13.8 Å². The van der Waals surface area contributed by atoms with Crippen LogP contribution in [0.15, 0.2) is 18.2 Å². The normalized spacial score (nSPS) is 15.3. The summed E-state index contributed by atoms with van der Waals surface area (Å²) in [6, 6.07) is 6.33. The lowest BCUT2D eigenvalue weighted by atomic mass is 9.90. The zero-order valence-corrected chi connectivity index (χ0v) is 11.3. The van der Waals surface area contributed by atoms with Crippen molar-refractivity contribution in [2.45, 2.75) is 39.2 Å². The minimum absolute atomic E-state index is 0.133. The highest BCUT2D eigenvalue weighted by molar-refractivity contribution is 5.94. The molecule has 0 aromatic heterocycles. The molecule has 0 spiro atoms. The molecule has 0 bridgehead atoms. The molecule has 1 saturated carbocycles. The summed E-state index contributed by atoms with van der Waals surface area (Å²) in [7, 11) is 0. The Morgan fingerprint density at radius 3 is 2.56 bits per heavy atom. The van der Waals surface area contributed by atoms with Crippen LogP contribution in [0.5, 0.6) is 0 Å². The highest BCUT2D eigenvalue weighted by Gasteiger charge is 2.28. The van der Waals surface area contributed by atoms with E-state index in [9.17, 15) is 4.79 Å². The van der Waals surface area contributed by atoms with Crippen molar-refractivity contribution < 1.29 is 4.79 Å². The van der Waals surface area contributed by atoms with Crippen molar-refractivity contribution in [1.29, 1.82) is 0 Å². The van der Waals surface area contributed by atoms with Gasteiger partial charge in [-0.25, -0.2) is 0 Å². The summed E-state index contributed by atoms with van der Waals surface area (Å²) in [6.07, 6.45) is 3.47. The van der Waals surface area contributed by atoms with Crippen molar-refractivity contribution in [2.75, 3.05) is 13.1 Å². The van der Waals surface area contributed by atoms with Crippen molar-refractivity contribution in [3.05, 3.63) is 34.9 Å². The Bertz CT molecular complexity index is 438. The first-order valence-corrected chi connectivity index (χ1v) is 6.71. The molecule has 0 radical (unpaired) electrons. The number of nitrogens with two attached hydrogens (primary N) is 1. The van der Waals surface area contributed by atoms with Gasteiger partial charge in [-0.1, -0.05) is 6.07 Å². The Hall–Kier alpha value is -1.35. The third-order valence-electron chi connectivity index (χ3n) is 3.90. The highest BCUT2D eigenvalue weighted by Crippen LogP contribution is 2.26. The van der Waals surface area contributed by atoms with Crippen LogP contribution < -0.4 is 5.73 Å². The first-order chi connectivity index (χ1) is 8.63. The third-order valence-corrected chi connectivity index (χ3v) is 3.90. The van der Waals surface area contributed by atoms with E-state index in [1.165, 1.54) is 17.5 Å². The van der Waals surface area contributed by atoms with Gasteiger partial charge in [-0.2, -0.15) is 0 Å². The Balaban J connectivity index is 2.18. The molecule has 3 nitrogen and oxygen atoms in total. The molecule has 1 aliphatic carbocycles. The minimum Gasteiger partial charge on any atom is -0.334 e. The third kappa shape index (κ3) is 2.56. The zero-order valence-electron chi connectivity index (χ0n) is 11.3. The first kappa shape index (κ1) is 13.1. The number of carbonyl (C=O) groups is 1. The average molecular weight is 246 g/mol. The van der Waals surface area contributed by atoms with Crippen LogP contribution in [-0.4, -0.2) is 29.9 Å². The lowest BCUT2D eigenvalue weighted by molar-refractivity contribution is 0.0588. The van der Waals surface area contributed by atoms with E-state index < -0.39 is 0 Å². The van der Waals surface area contributed by atoms with Gasteiger partial charge in [-0.3, -0.25) is 4.79 Å². The molecule has 1 amide bonds. The number of amides is 1. The van der Waals surface area contributed by atoms with Gasteiger partial charge in [0.15, 0.2) is 0 Å². The summed E-state index contributed by atoms with van der Waals surface area (Å²) in [4.78, 5) is 14.5. The van der Waals surface area contributed by atoms with E-state index in [0.29, 0.717) is 19.1 Å². The molecule has 1 aliphatic rings. The molecule has 3 heteroatoms. The van der Waals surface area contributed by atoms with E-state index in [2.05, 4.69) is 6.92 Å². The second kappa shape index (κ2) is 5.53. The van der Waals surface area contributed by atoms with Crippen LogP contribution in [0.3, 0.4) is 0 Å². The molecular formula is C15H22N2O. The molecule has 0 saturated heterocycles. The Kier molecular flexibility index (Phi) is 4.02. The molecular weight excluding hydrogens is 224 g/mol.